The smallest absolute Gasteiger partial charge is 0.131 e. The molecule has 0 aliphatic rings. The van der Waals surface area contributed by atoms with E-state index >= 15 is 0 Å². The van der Waals surface area contributed by atoms with Crippen LogP contribution in [-0.2, 0) is 0 Å². The summed E-state index contributed by atoms with van der Waals surface area (Å²) in [4.78, 5) is 0. The number of hydrogen-bond acceptors (Lipinski definition) is 4. The largest absolute Gasteiger partial charge is 0.203 e. The molecule has 0 saturated carbocycles. The van der Waals surface area contributed by atoms with Crippen molar-refractivity contribution in [1.29, 1.82) is 0 Å². The monoisotopic (exact) mass is 214 g/mol. The molecular weight excluding hydrogens is 200 g/mol. The fourth-order valence-electron chi connectivity index (χ4n) is 1.29. The Morgan fingerprint density at radius 3 is 1.94 bits per heavy atom. The van der Waals surface area contributed by atoms with Crippen molar-refractivity contribution in [2.24, 2.45) is 0 Å². The van der Waals surface area contributed by atoms with E-state index in [-0.39, 0.29) is 5.92 Å². The Balaban J connectivity index is 2.31. The van der Waals surface area contributed by atoms with Gasteiger partial charge < -0.3 is 0 Å². The molecule has 2 aromatic rings. The van der Waals surface area contributed by atoms with Crippen molar-refractivity contribution in [3.8, 4) is 11.4 Å². The van der Waals surface area contributed by atoms with Crippen LogP contribution in [0.5, 0.6) is 0 Å². The molecule has 0 spiro atoms. The third kappa shape index (κ3) is 2.21. The highest BCUT2D eigenvalue weighted by Gasteiger charge is 2.06. The topological polar surface area (TPSA) is 51.6 Å². The molecule has 2 rings (SSSR count). The van der Waals surface area contributed by atoms with E-state index in [1.807, 2.05) is 45.0 Å². The predicted molar refractivity (Wildman–Crippen MR) is 61.9 cm³/mol. The minimum Gasteiger partial charge on any atom is -0.131 e. The van der Waals surface area contributed by atoms with E-state index in [1.54, 1.807) is 0 Å². The van der Waals surface area contributed by atoms with Gasteiger partial charge >= 0.3 is 0 Å². The van der Waals surface area contributed by atoms with Gasteiger partial charge in [-0.1, -0.05) is 43.7 Å². The lowest BCUT2D eigenvalue weighted by Crippen LogP contribution is -2.03. The fourth-order valence-corrected chi connectivity index (χ4v) is 1.29. The van der Waals surface area contributed by atoms with Crippen molar-refractivity contribution in [3.63, 3.8) is 0 Å². The van der Waals surface area contributed by atoms with Crippen LogP contribution in [0.4, 0.5) is 0 Å². The Labute approximate surface area is 94.8 Å². The summed E-state index contributed by atoms with van der Waals surface area (Å²) in [6, 6.07) is 8.00. The Bertz CT molecular complexity index is 459. The Hall–Kier alpha value is -1.84. The van der Waals surface area contributed by atoms with Gasteiger partial charge in [0.05, 0.1) is 0 Å². The van der Waals surface area contributed by atoms with Crippen LogP contribution >= 0.6 is 0 Å². The zero-order valence-corrected chi connectivity index (χ0v) is 9.68. The van der Waals surface area contributed by atoms with Crippen molar-refractivity contribution < 1.29 is 0 Å². The third-order valence-electron chi connectivity index (χ3n) is 2.32. The second-order valence-corrected chi connectivity index (χ2v) is 4.10. The lowest BCUT2D eigenvalue weighted by Gasteiger charge is -2.02. The summed E-state index contributed by atoms with van der Waals surface area (Å²) in [6.07, 6.45) is 0. The van der Waals surface area contributed by atoms with Gasteiger partial charge in [-0.2, -0.15) is 0 Å². The summed E-state index contributed by atoms with van der Waals surface area (Å²) in [5, 5.41) is 16.3. The van der Waals surface area contributed by atoms with Gasteiger partial charge in [0.25, 0.3) is 0 Å². The number of aryl methyl sites for hydroxylation is 1. The lowest BCUT2D eigenvalue weighted by atomic mass is 10.1. The van der Waals surface area contributed by atoms with Crippen LogP contribution in [0.2, 0.25) is 0 Å². The van der Waals surface area contributed by atoms with Crippen LogP contribution in [0, 0.1) is 6.92 Å². The number of aromatic nitrogens is 4. The van der Waals surface area contributed by atoms with Crippen molar-refractivity contribution in [3.05, 3.63) is 35.7 Å². The fraction of sp³-hybridized carbons (Fsp3) is 0.333. The Kier molecular flexibility index (Phi) is 2.90. The summed E-state index contributed by atoms with van der Waals surface area (Å²) < 4.78 is 0. The first-order chi connectivity index (χ1) is 7.66. The molecule has 4 nitrogen and oxygen atoms in total. The van der Waals surface area contributed by atoms with Crippen molar-refractivity contribution in [1.82, 2.24) is 20.4 Å². The van der Waals surface area contributed by atoms with E-state index in [0.717, 1.165) is 5.56 Å². The highest BCUT2D eigenvalue weighted by molar-refractivity contribution is 5.53. The van der Waals surface area contributed by atoms with E-state index in [4.69, 9.17) is 0 Å². The van der Waals surface area contributed by atoms with Gasteiger partial charge in [-0.15, -0.1) is 20.4 Å². The highest BCUT2D eigenvalue weighted by atomic mass is 15.3. The second-order valence-electron chi connectivity index (χ2n) is 4.10. The summed E-state index contributed by atoms with van der Waals surface area (Å²) in [5.41, 5.74) is 2.16. The molecule has 0 N–H and O–H groups in total. The standard InChI is InChI=1S/C12H14N4/c1-8(2)11-13-15-12(16-14-11)10-6-4-9(3)5-7-10/h4-8H,1-3H3. The summed E-state index contributed by atoms with van der Waals surface area (Å²) in [7, 11) is 0. The van der Waals surface area contributed by atoms with Gasteiger partial charge in [-0.3, -0.25) is 0 Å². The maximum absolute atomic E-state index is 4.08. The van der Waals surface area contributed by atoms with E-state index in [2.05, 4.69) is 20.4 Å². The molecule has 0 amide bonds. The van der Waals surface area contributed by atoms with Gasteiger partial charge in [-0.25, -0.2) is 0 Å². The maximum atomic E-state index is 4.08. The number of hydrogen-bond donors (Lipinski definition) is 0. The predicted octanol–water partition coefficient (Wildman–Crippen LogP) is 2.37. The van der Waals surface area contributed by atoms with Crippen LogP contribution in [-0.4, -0.2) is 20.4 Å². The first-order valence-electron chi connectivity index (χ1n) is 5.31. The molecule has 0 saturated heterocycles. The summed E-state index contributed by atoms with van der Waals surface area (Å²) >= 11 is 0. The van der Waals surface area contributed by atoms with E-state index in [1.165, 1.54) is 5.56 Å². The van der Waals surface area contributed by atoms with Gasteiger partial charge in [-0.05, 0) is 6.92 Å². The lowest BCUT2D eigenvalue weighted by molar-refractivity contribution is 0.694. The van der Waals surface area contributed by atoms with Crippen LogP contribution in [0.25, 0.3) is 11.4 Å². The first kappa shape index (κ1) is 10.7. The number of nitrogens with zero attached hydrogens (tertiary/aromatic N) is 4. The Morgan fingerprint density at radius 1 is 0.875 bits per heavy atom. The van der Waals surface area contributed by atoms with Gasteiger partial charge in [0.1, 0.15) is 0 Å². The molecular formula is C12H14N4. The molecule has 16 heavy (non-hydrogen) atoms. The van der Waals surface area contributed by atoms with E-state index in [9.17, 15) is 0 Å². The summed E-state index contributed by atoms with van der Waals surface area (Å²) in [5.74, 6) is 1.51. The van der Waals surface area contributed by atoms with Crippen molar-refractivity contribution in [2.75, 3.05) is 0 Å². The van der Waals surface area contributed by atoms with Crippen LogP contribution in [0.15, 0.2) is 24.3 Å². The Morgan fingerprint density at radius 2 is 1.44 bits per heavy atom. The molecule has 0 fully saturated rings. The van der Waals surface area contributed by atoms with Crippen LogP contribution in [0.3, 0.4) is 0 Å². The average Bonchev–Trinajstić information content (AvgIpc) is 2.30. The SMILES string of the molecule is Cc1ccc(-c2nnc(C(C)C)nn2)cc1. The number of benzene rings is 1. The van der Waals surface area contributed by atoms with Crippen LogP contribution in [0.1, 0.15) is 31.2 Å². The minimum atomic E-state index is 0.257. The zero-order valence-electron chi connectivity index (χ0n) is 9.68. The number of rotatable bonds is 2. The molecule has 0 radical (unpaired) electrons. The normalized spacial score (nSPS) is 10.8. The molecule has 0 unspecified atom stereocenters. The average molecular weight is 214 g/mol. The van der Waals surface area contributed by atoms with Crippen molar-refractivity contribution >= 4 is 0 Å². The maximum Gasteiger partial charge on any atom is 0.203 e. The molecule has 1 heterocycles. The van der Waals surface area contributed by atoms with Gasteiger partial charge in [0.2, 0.25) is 5.82 Å². The minimum absolute atomic E-state index is 0.257. The quantitative estimate of drug-likeness (QED) is 0.770. The molecule has 1 aromatic heterocycles. The van der Waals surface area contributed by atoms with Gasteiger partial charge in [0, 0.05) is 11.5 Å². The van der Waals surface area contributed by atoms with Crippen LogP contribution < -0.4 is 0 Å². The third-order valence-corrected chi connectivity index (χ3v) is 2.32. The molecule has 0 aliphatic carbocycles. The molecule has 82 valence electrons. The van der Waals surface area contributed by atoms with Gasteiger partial charge in [0.15, 0.2) is 5.82 Å². The molecule has 0 bridgehead atoms. The zero-order chi connectivity index (χ0) is 11.5. The summed E-state index contributed by atoms with van der Waals surface area (Å²) in [6.45, 7) is 6.08. The molecule has 0 atom stereocenters. The second kappa shape index (κ2) is 4.35. The molecule has 1 aromatic carbocycles. The van der Waals surface area contributed by atoms with E-state index < -0.39 is 0 Å². The first-order valence-corrected chi connectivity index (χ1v) is 5.31. The van der Waals surface area contributed by atoms with Crippen molar-refractivity contribution in [2.45, 2.75) is 26.7 Å². The van der Waals surface area contributed by atoms with E-state index in [0.29, 0.717) is 11.6 Å². The molecule has 0 aliphatic heterocycles. The highest BCUT2D eigenvalue weighted by Crippen LogP contribution is 2.14. The molecule has 4 heteroatoms.